The summed E-state index contributed by atoms with van der Waals surface area (Å²) in [5.41, 5.74) is 5.01. The van der Waals surface area contributed by atoms with E-state index in [0.29, 0.717) is 30.1 Å². The van der Waals surface area contributed by atoms with Gasteiger partial charge in [0.1, 0.15) is 5.76 Å². The maximum atomic E-state index is 12.7. The van der Waals surface area contributed by atoms with Crippen molar-refractivity contribution < 1.29 is 9.90 Å². The third-order valence-corrected chi connectivity index (χ3v) is 5.09. The SMILES string of the molecule is CCc1cc(C)cc(C)c1C1=C(O)CC(CCSC)CC1=O. The first-order valence-corrected chi connectivity index (χ1v) is 9.42. The average Bonchev–Trinajstić information content (AvgIpc) is 2.46. The minimum absolute atomic E-state index is 0.108. The molecule has 0 aliphatic heterocycles. The van der Waals surface area contributed by atoms with Crippen LogP contribution in [0, 0.1) is 19.8 Å². The normalized spacial score (nSPS) is 18.9. The monoisotopic (exact) mass is 318 g/mol. The van der Waals surface area contributed by atoms with Gasteiger partial charge in [0.2, 0.25) is 0 Å². The molecule has 0 bridgehead atoms. The Labute approximate surface area is 138 Å². The third-order valence-electron chi connectivity index (χ3n) is 4.45. The number of carbonyl (C=O) groups excluding carboxylic acids is 1. The number of aliphatic hydroxyl groups excluding tert-OH is 1. The van der Waals surface area contributed by atoms with E-state index in [1.54, 1.807) is 11.8 Å². The van der Waals surface area contributed by atoms with Crippen molar-refractivity contribution >= 4 is 23.1 Å². The van der Waals surface area contributed by atoms with Crippen LogP contribution in [0.15, 0.2) is 17.9 Å². The Hall–Kier alpha value is -1.22. The van der Waals surface area contributed by atoms with Crippen molar-refractivity contribution in [2.24, 2.45) is 5.92 Å². The van der Waals surface area contributed by atoms with Gasteiger partial charge in [-0.3, -0.25) is 4.79 Å². The lowest BCUT2D eigenvalue weighted by Gasteiger charge is -2.25. The lowest BCUT2D eigenvalue weighted by atomic mass is 9.80. The Kier molecular flexibility index (Phi) is 5.74. The summed E-state index contributed by atoms with van der Waals surface area (Å²) >= 11 is 1.80. The van der Waals surface area contributed by atoms with Crippen LogP contribution in [0.25, 0.3) is 5.57 Å². The van der Waals surface area contributed by atoms with E-state index in [9.17, 15) is 9.90 Å². The van der Waals surface area contributed by atoms with Crippen molar-refractivity contribution in [2.45, 2.75) is 46.5 Å². The Balaban J connectivity index is 2.42. The number of hydrogen-bond acceptors (Lipinski definition) is 3. The molecule has 1 N–H and O–H groups in total. The maximum absolute atomic E-state index is 12.7. The van der Waals surface area contributed by atoms with E-state index in [1.165, 1.54) is 5.56 Å². The molecular formula is C19H26O2S. The molecule has 0 saturated carbocycles. The smallest absolute Gasteiger partial charge is 0.167 e. The number of ketones is 1. The fourth-order valence-corrected chi connectivity index (χ4v) is 4.01. The van der Waals surface area contributed by atoms with E-state index < -0.39 is 0 Å². The number of aryl methyl sites for hydroxylation is 3. The lowest BCUT2D eigenvalue weighted by Crippen LogP contribution is -2.20. The molecule has 1 aliphatic carbocycles. The molecular weight excluding hydrogens is 292 g/mol. The summed E-state index contributed by atoms with van der Waals surface area (Å²) in [6.45, 7) is 6.21. The zero-order valence-electron chi connectivity index (χ0n) is 14.0. The first-order chi connectivity index (χ1) is 10.5. The molecule has 0 amide bonds. The Bertz CT molecular complexity index is 602. The van der Waals surface area contributed by atoms with Crippen LogP contribution >= 0.6 is 11.8 Å². The van der Waals surface area contributed by atoms with E-state index in [0.717, 1.165) is 35.3 Å². The molecule has 0 heterocycles. The molecule has 120 valence electrons. The molecule has 1 aliphatic rings. The van der Waals surface area contributed by atoms with Gasteiger partial charge in [-0.25, -0.2) is 0 Å². The molecule has 0 aromatic heterocycles. The highest BCUT2D eigenvalue weighted by Gasteiger charge is 2.30. The summed E-state index contributed by atoms with van der Waals surface area (Å²) in [5, 5.41) is 10.5. The van der Waals surface area contributed by atoms with Crippen molar-refractivity contribution in [3.63, 3.8) is 0 Å². The van der Waals surface area contributed by atoms with Crippen LogP contribution in [-0.4, -0.2) is 22.9 Å². The lowest BCUT2D eigenvalue weighted by molar-refractivity contribution is -0.115. The maximum Gasteiger partial charge on any atom is 0.167 e. The number of allylic oxidation sites excluding steroid dienone is 2. The van der Waals surface area contributed by atoms with E-state index in [-0.39, 0.29) is 5.78 Å². The van der Waals surface area contributed by atoms with Gasteiger partial charge in [-0.1, -0.05) is 24.6 Å². The minimum atomic E-state index is 0.108. The molecule has 0 spiro atoms. The Morgan fingerprint density at radius 2 is 2.00 bits per heavy atom. The molecule has 0 radical (unpaired) electrons. The molecule has 22 heavy (non-hydrogen) atoms. The van der Waals surface area contributed by atoms with Gasteiger partial charge in [0.15, 0.2) is 5.78 Å². The molecule has 1 aromatic carbocycles. The van der Waals surface area contributed by atoms with E-state index in [2.05, 4.69) is 32.2 Å². The number of aliphatic hydroxyl groups is 1. The van der Waals surface area contributed by atoms with Gasteiger partial charge in [0.25, 0.3) is 0 Å². The number of rotatable bonds is 5. The second-order valence-electron chi connectivity index (χ2n) is 6.27. The predicted octanol–water partition coefficient (Wildman–Crippen LogP) is 4.87. The Morgan fingerprint density at radius 3 is 2.59 bits per heavy atom. The first-order valence-electron chi connectivity index (χ1n) is 8.02. The predicted molar refractivity (Wildman–Crippen MR) is 95.6 cm³/mol. The molecule has 2 rings (SSSR count). The minimum Gasteiger partial charge on any atom is -0.512 e. The summed E-state index contributed by atoms with van der Waals surface area (Å²) < 4.78 is 0. The van der Waals surface area contributed by atoms with Gasteiger partial charge in [-0.15, -0.1) is 0 Å². The highest BCUT2D eigenvalue weighted by Crippen LogP contribution is 2.37. The van der Waals surface area contributed by atoms with Crippen molar-refractivity contribution in [1.82, 2.24) is 0 Å². The van der Waals surface area contributed by atoms with Crippen molar-refractivity contribution in [2.75, 3.05) is 12.0 Å². The van der Waals surface area contributed by atoms with Crippen molar-refractivity contribution in [3.8, 4) is 0 Å². The summed E-state index contributed by atoms with van der Waals surface area (Å²) in [6, 6.07) is 4.23. The number of thioether (sulfide) groups is 1. The number of carbonyl (C=O) groups is 1. The van der Waals surface area contributed by atoms with Gasteiger partial charge in [0, 0.05) is 12.8 Å². The second-order valence-corrected chi connectivity index (χ2v) is 7.26. The molecule has 3 heteroatoms. The largest absolute Gasteiger partial charge is 0.512 e. The quantitative estimate of drug-likeness (QED) is 0.842. The number of Topliss-reactive ketones (excluding diaryl/α,β-unsaturated/α-hetero) is 1. The van der Waals surface area contributed by atoms with Gasteiger partial charge < -0.3 is 5.11 Å². The van der Waals surface area contributed by atoms with Gasteiger partial charge in [0.05, 0.1) is 5.57 Å². The first kappa shape index (κ1) is 17.1. The van der Waals surface area contributed by atoms with Gasteiger partial charge in [-0.2, -0.15) is 11.8 Å². The van der Waals surface area contributed by atoms with Crippen LogP contribution in [0.1, 0.15) is 48.4 Å². The van der Waals surface area contributed by atoms with Crippen LogP contribution < -0.4 is 0 Å². The molecule has 0 saturated heterocycles. The second kappa shape index (κ2) is 7.36. The zero-order chi connectivity index (χ0) is 16.3. The summed E-state index contributed by atoms with van der Waals surface area (Å²) in [7, 11) is 0. The number of benzene rings is 1. The fourth-order valence-electron chi connectivity index (χ4n) is 3.44. The van der Waals surface area contributed by atoms with Gasteiger partial charge >= 0.3 is 0 Å². The summed E-state index contributed by atoms with van der Waals surface area (Å²) in [4.78, 5) is 12.7. The van der Waals surface area contributed by atoms with Crippen molar-refractivity contribution in [1.29, 1.82) is 0 Å². The highest BCUT2D eigenvalue weighted by molar-refractivity contribution is 7.98. The number of hydrogen-bond donors (Lipinski definition) is 1. The standard InChI is InChI=1S/C19H26O2S/c1-5-15-9-12(2)8-13(3)18(15)19-16(20)10-14(6-7-22-4)11-17(19)21/h8-9,14,20H,5-7,10-11H2,1-4H3. The topological polar surface area (TPSA) is 37.3 Å². The van der Waals surface area contributed by atoms with Crippen LogP contribution in [0.5, 0.6) is 0 Å². The van der Waals surface area contributed by atoms with E-state index >= 15 is 0 Å². The Morgan fingerprint density at radius 1 is 1.27 bits per heavy atom. The molecule has 1 unspecified atom stereocenters. The van der Waals surface area contributed by atoms with E-state index in [4.69, 9.17) is 0 Å². The molecule has 1 atom stereocenters. The van der Waals surface area contributed by atoms with Crippen LogP contribution in [-0.2, 0) is 11.2 Å². The third kappa shape index (κ3) is 3.57. The van der Waals surface area contributed by atoms with Gasteiger partial charge in [-0.05, 0) is 61.3 Å². The molecule has 2 nitrogen and oxygen atoms in total. The summed E-state index contributed by atoms with van der Waals surface area (Å²) in [6.07, 6.45) is 5.15. The van der Waals surface area contributed by atoms with E-state index in [1.807, 2.05) is 6.92 Å². The van der Waals surface area contributed by atoms with Crippen molar-refractivity contribution in [3.05, 3.63) is 40.1 Å². The zero-order valence-corrected chi connectivity index (χ0v) is 14.8. The summed E-state index contributed by atoms with van der Waals surface area (Å²) in [5.74, 6) is 1.74. The van der Waals surface area contributed by atoms with Crippen LogP contribution in [0.2, 0.25) is 0 Å². The van der Waals surface area contributed by atoms with Crippen LogP contribution in [0.3, 0.4) is 0 Å². The van der Waals surface area contributed by atoms with Crippen LogP contribution in [0.4, 0.5) is 0 Å². The average molecular weight is 318 g/mol. The molecule has 0 fully saturated rings. The fraction of sp³-hybridized carbons (Fsp3) is 0.526. The highest BCUT2D eigenvalue weighted by atomic mass is 32.2. The molecule has 1 aromatic rings.